The number of Topliss-reactive ketones (excluding diaryl/α,β-unsaturated/α-hetero) is 4. The predicted molar refractivity (Wildman–Crippen MR) is 140 cm³/mol. The molecule has 10 heteroatoms. The number of ketones is 4. The van der Waals surface area contributed by atoms with Gasteiger partial charge in [-0.05, 0) is 50.9 Å². The molecule has 3 aliphatic carbocycles. The fraction of sp³-hybridized carbons (Fsp3) is 0.536. The maximum absolute atomic E-state index is 13.9. The minimum Gasteiger partial charge on any atom is -0.507 e. The lowest BCUT2D eigenvalue weighted by Gasteiger charge is -2.52. The highest BCUT2D eigenvalue weighted by Crippen LogP contribution is 2.52. The summed E-state index contributed by atoms with van der Waals surface area (Å²) in [6.07, 6.45) is 5.54. The number of fused-ring (bicyclic) bond motifs is 3. The Bertz CT molecular complexity index is 1270. The number of hydrogen-bond acceptors (Lipinski definition) is 9. The lowest BCUT2D eigenvalue weighted by atomic mass is 9.52. The quantitative estimate of drug-likeness (QED) is 0.456. The number of primary amides is 1. The second kappa shape index (κ2) is 9.74. The van der Waals surface area contributed by atoms with Gasteiger partial charge in [0.1, 0.15) is 5.75 Å². The number of amides is 1. The summed E-state index contributed by atoms with van der Waals surface area (Å²) < 4.78 is 0. The van der Waals surface area contributed by atoms with Crippen molar-refractivity contribution < 1.29 is 34.2 Å². The molecule has 2 unspecified atom stereocenters. The van der Waals surface area contributed by atoms with Crippen molar-refractivity contribution >= 4 is 40.8 Å². The van der Waals surface area contributed by atoms with E-state index < -0.39 is 64.4 Å². The summed E-state index contributed by atoms with van der Waals surface area (Å²) in [7, 11) is 6.76. The smallest absolute Gasteiger partial charge is 0.235 e. The van der Waals surface area contributed by atoms with Crippen molar-refractivity contribution in [2.75, 3.05) is 33.1 Å². The number of phenolic OH excluding ortho intramolecular Hbond substituents is 1. The van der Waals surface area contributed by atoms with Crippen LogP contribution in [-0.4, -0.2) is 84.0 Å². The van der Waals surface area contributed by atoms with Crippen LogP contribution in [-0.2, 0) is 25.6 Å². The first-order valence-corrected chi connectivity index (χ1v) is 12.9. The van der Waals surface area contributed by atoms with Crippen LogP contribution in [0.3, 0.4) is 0 Å². The zero-order chi connectivity index (χ0) is 28.3. The summed E-state index contributed by atoms with van der Waals surface area (Å²) >= 11 is 0. The zero-order valence-electron chi connectivity index (χ0n) is 22.4. The lowest BCUT2D eigenvalue weighted by Crippen LogP contribution is -2.74. The van der Waals surface area contributed by atoms with Gasteiger partial charge in [0.2, 0.25) is 5.91 Å². The molecule has 0 spiro atoms. The van der Waals surface area contributed by atoms with Crippen LogP contribution >= 0.6 is 0 Å². The first-order chi connectivity index (χ1) is 17.8. The van der Waals surface area contributed by atoms with E-state index in [1.165, 1.54) is 4.90 Å². The Morgan fingerprint density at radius 1 is 1.16 bits per heavy atom. The van der Waals surface area contributed by atoms with E-state index in [4.69, 9.17) is 5.73 Å². The van der Waals surface area contributed by atoms with Crippen molar-refractivity contribution in [1.29, 1.82) is 0 Å². The van der Waals surface area contributed by atoms with Crippen LogP contribution in [0.15, 0.2) is 12.1 Å². The van der Waals surface area contributed by atoms with Gasteiger partial charge < -0.3 is 20.8 Å². The Kier molecular flexibility index (Phi) is 7.09. The van der Waals surface area contributed by atoms with Gasteiger partial charge in [0.05, 0.1) is 17.5 Å². The van der Waals surface area contributed by atoms with Gasteiger partial charge in [-0.3, -0.25) is 28.9 Å². The van der Waals surface area contributed by atoms with Crippen LogP contribution in [0, 0.1) is 23.7 Å². The highest BCUT2D eigenvalue weighted by molar-refractivity contribution is 6.32. The minimum absolute atomic E-state index is 0.000978. The fourth-order valence-corrected chi connectivity index (χ4v) is 6.58. The molecule has 38 heavy (non-hydrogen) atoms. The molecule has 0 radical (unpaired) electrons. The number of nitrogens with two attached hydrogens (primary N) is 1. The molecular weight excluding hydrogens is 490 g/mol. The zero-order valence-corrected chi connectivity index (χ0v) is 22.4. The number of carbonyl (C=O) groups is 5. The van der Waals surface area contributed by atoms with Gasteiger partial charge in [-0.1, -0.05) is 25.5 Å². The van der Waals surface area contributed by atoms with Gasteiger partial charge in [-0.2, -0.15) is 0 Å². The standard InChI is InChI=1S/C28H35N3O7/c1-6-7-8-9-13-12-17(30(2)3)15-10-14-11-16-21(31(4)5)24(34)20(27(29)37)26(36)28(16,38)25(35)18(14)23(33)19(15)22(13)32/h8-9,12,14,16,18,20-21,32,38H,6-7,10-11H2,1-5H3,(H2,29,37)/t14-,16-,18?,20?,21-,28-/m1/s1. The predicted octanol–water partition coefficient (Wildman–Crippen LogP) is 0.746. The molecule has 204 valence electrons. The molecule has 3 aliphatic rings. The van der Waals surface area contributed by atoms with Crippen LogP contribution < -0.4 is 10.6 Å². The average molecular weight is 526 g/mol. The maximum Gasteiger partial charge on any atom is 0.235 e. The number of unbranched alkanes of at least 4 members (excludes halogenated alkanes) is 1. The van der Waals surface area contributed by atoms with Crippen molar-refractivity contribution in [3.63, 3.8) is 0 Å². The summed E-state index contributed by atoms with van der Waals surface area (Å²) in [6, 6.07) is 0.673. The Labute approximate surface area is 221 Å². The summed E-state index contributed by atoms with van der Waals surface area (Å²) in [4.78, 5) is 69.8. The molecular formula is C28H35N3O7. The van der Waals surface area contributed by atoms with E-state index >= 15 is 0 Å². The fourth-order valence-electron chi connectivity index (χ4n) is 6.58. The molecule has 0 aromatic heterocycles. The van der Waals surface area contributed by atoms with Gasteiger partial charge in [0.15, 0.2) is 34.7 Å². The second-order valence-electron chi connectivity index (χ2n) is 11.1. The van der Waals surface area contributed by atoms with Gasteiger partial charge in [-0.25, -0.2) is 0 Å². The van der Waals surface area contributed by atoms with Crippen LogP contribution in [0.4, 0.5) is 5.69 Å². The number of aromatic hydroxyl groups is 1. The van der Waals surface area contributed by atoms with Gasteiger partial charge in [-0.15, -0.1) is 0 Å². The topological polar surface area (TPSA) is 158 Å². The van der Waals surface area contributed by atoms with Gasteiger partial charge >= 0.3 is 0 Å². The molecule has 0 aliphatic heterocycles. The summed E-state index contributed by atoms with van der Waals surface area (Å²) in [5.41, 5.74) is 4.34. The monoisotopic (exact) mass is 525 g/mol. The van der Waals surface area contributed by atoms with Crippen LogP contribution in [0.1, 0.15) is 47.7 Å². The molecule has 1 amide bonds. The average Bonchev–Trinajstić information content (AvgIpc) is 2.82. The number of phenols is 1. The molecule has 0 bridgehead atoms. The number of allylic oxidation sites excluding steroid dienone is 1. The number of rotatable bonds is 6. The number of hydrogen-bond donors (Lipinski definition) is 3. The second-order valence-corrected chi connectivity index (χ2v) is 11.1. The summed E-state index contributed by atoms with van der Waals surface area (Å²) in [6.45, 7) is 2.02. The van der Waals surface area contributed by atoms with Gasteiger partial charge in [0.25, 0.3) is 0 Å². The molecule has 10 nitrogen and oxygen atoms in total. The Morgan fingerprint density at radius 3 is 2.37 bits per heavy atom. The normalized spacial score (nSPS) is 30.9. The number of benzene rings is 1. The van der Waals surface area contributed by atoms with E-state index in [2.05, 4.69) is 0 Å². The van der Waals surface area contributed by atoms with Crippen LogP contribution in [0.2, 0.25) is 0 Å². The highest BCUT2D eigenvalue weighted by Gasteiger charge is 2.69. The maximum atomic E-state index is 13.9. The van der Waals surface area contributed by atoms with Crippen molar-refractivity contribution in [3.8, 4) is 5.75 Å². The Hall–Kier alpha value is -3.37. The number of aliphatic hydroxyl groups is 1. The molecule has 1 aromatic carbocycles. The third-order valence-corrected chi connectivity index (χ3v) is 8.30. The largest absolute Gasteiger partial charge is 0.507 e. The number of nitrogens with zero attached hydrogens (tertiary/aromatic N) is 2. The first-order valence-electron chi connectivity index (χ1n) is 12.9. The third-order valence-electron chi connectivity index (χ3n) is 8.30. The molecule has 6 atom stereocenters. The Balaban J connectivity index is 1.89. The van der Waals surface area contributed by atoms with E-state index in [9.17, 15) is 34.2 Å². The van der Waals surface area contributed by atoms with E-state index in [0.717, 1.165) is 12.8 Å². The van der Waals surface area contributed by atoms with Crippen molar-refractivity contribution in [2.45, 2.75) is 44.2 Å². The minimum atomic E-state index is -2.73. The van der Waals surface area contributed by atoms with Gasteiger partial charge in [0, 0.05) is 31.3 Å². The van der Waals surface area contributed by atoms with E-state index in [1.54, 1.807) is 26.2 Å². The van der Waals surface area contributed by atoms with Crippen LogP contribution in [0.25, 0.3) is 6.08 Å². The molecule has 2 saturated carbocycles. The summed E-state index contributed by atoms with van der Waals surface area (Å²) in [5, 5.41) is 22.8. The first kappa shape index (κ1) is 27.7. The number of likely N-dealkylation sites (N-methyl/N-ethyl adjacent to an activating group) is 1. The molecule has 4 rings (SSSR count). The molecule has 1 aromatic rings. The van der Waals surface area contributed by atoms with E-state index in [0.29, 0.717) is 16.8 Å². The van der Waals surface area contributed by atoms with Crippen molar-refractivity contribution in [3.05, 3.63) is 28.8 Å². The molecule has 0 saturated heterocycles. The van der Waals surface area contributed by atoms with E-state index in [1.807, 2.05) is 32.0 Å². The Morgan fingerprint density at radius 2 is 1.82 bits per heavy atom. The number of anilines is 1. The SMILES string of the molecule is CCCC=Cc1cc(N(C)C)c2c(c1O)C(=O)C1C(=O)[C@@]3(O)C(=O)C(C(N)=O)C(=O)[C@H](N(C)C)[C@H]3C[C@H]1C2. The molecule has 0 heterocycles. The lowest BCUT2D eigenvalue weighted by molar-refractivity contribution is -0.181. The highest BCUT2D eigenvalue weighted by atomic mass is 16.3. The van der Waals surface area contributed by atoms with Crippen LogP contribution in [0.5, 0.6) is 5.75 Å². The molecule has 4 N–H and O–H groups in total. The third kappa shape index (κ3) is 3.89. The molecule has 2 fully saturated rings. The van der Waals surface area contributed by atoms with Crippen molar-refractivity contribution in [2.24, 2.45) is 29.4 Å². The van der Waals surface area contributed by atoms with E-state index in [-0.39, 0.29) is 24.2 Å². The summed E-state index contributed by atoms with van der Waals surface area (Å²) in [5.74, 6) is -10.4. The number of carbonyl (C=O) groups excluding carboxylic acids is 5. The van der Waals surface area contributed by atoms with Crippen molar-refractivity contribution in [1.82, 2.24) is 4.90 Å².